The smallest absolute Gasteiger partial charge is 0.276 e. The lowest BCUT2D eigenvalue weighted by atomic mass is 10.0. The normalized spacial score (nSPS) is 16.9. The van der Waals surface area contributed by atoms with Crippen molar-refractivity contribution in [2.45, 2.75) is 5.79 Å². The third-order valence-electron chi connectivity index (χ3n) is 3.41. The van der Waals surface area contributed by atoms with E-state index in [1.54, 1.807) is 54.9 Å². The van der Waals surface area contributed by atoms with Crippen molar-refractivity contribution in [2.75, 3.05) is 13.2 Å². The van der Waals surface area contributed by atoms with Crippen LogP contribution in [0.2, 0.25) is 0 Å². The van der Waals surface area contributed by atoms with Crippen molar-refractivity contribution in [2.24, 2.45) is 0 Å². The minimum atomic E-state index is -1.02. The van der Waals surface area contributed by atoms with E-state index in [4.69, 9.17) is 9.47 Å². The van der Waals surface area contributed by atoms with Gasteiger partial charge in [0.2, 0.25) is 5.79 Å². The van der Waals surface area contributed by atoms with Gasteiger partial charge in [0.15, 0.2) is 0 Å². The van der Waals surface area contributed by atoms with Gasteiger partial charge in [0.1, 0.15) is 0 Å². The van der Waals surface area contributed by atoms with Crippen LogP contribution in [0.3, 0.4) is 0 Å². The first kappa shape index (κ1) is 14.4. The topological polar surface area (TPSA) is 74.5 Å². The Hall–Kier alpha value is -2.57. The minimum absolute atomic E-state index is 0.0432. The predicted octanol–water partition coefficient (Wildman–Crippen LogP) is 2.90. The maximum absolute atomic E-state index is 11.1. The Morgan fingerprint density at radius 1 is 1.14 bits per heavy atom. The van der Waals surface area contributed by atoms with Gasteiger partial charge in [0.25, 0.3) is 5.69 Å². The zero-order valence-electron chi connectivity index (χ0n) is 11.7. The van der Waals surface area contributed by atoms with Gasteiger partial charge in [0, 0.05) is 24.0 Å². The number of nitrogens with zero attached hydrogens (tertiary/aromatic N) is 2. The van der Waals surface area contributed by atoms with Crippen LogP contribution >= 0.6 is 0 Å². The van der Waals surface area contributed by atoms with E-state index in [9.17, 15) is 10.1 Å². The van der Waals surface area contributed by atoms with Crippen LogP contribution in [-0.2, 0) is 15.3 Å². The number of rotatable bonds is 4. The summed E-state index contributed by atoms with van der Waals surface area (Å²) in [7, 11) is 0. The van der Waals surface area contributed by atoms with Crippen LogP contribution < -0.4 is 0 Å². The van der Waals surface area contributed by atoms with E-state index in [0.717, 1.165) is 5.56 Å². The summed E-state index contributed by atoms with van der Waals surface area (Å²) in [6, 6.07) is 10.1. The van der Waals surface area contributed by atoms with Gasteiger partial charge in [-0.05, 0) is 30.4 Å². The number of pyridine rings is 1. The molecular formula is C16H14N2O4. The monoisotopic (exact) mass is 298 g/mol. The standard InChI is InChI=1S/C16H14N2O4/c19-18(20)15-4-2-1-3-13(15)5-8-16(21-11-12-22-16)14-6-9-17-10-7-14/h1-10H,11-12H2. The molecule has 6 nitrogen and oxygen atoms in total. The average Bonchev–Trinajstić information content (AvgIpc) is 3.04. The van der Waals surface area contributed by atoms with E-state index < -0.39 is 10.7 Å². The lowest BCUT2D eigenvalue weighted by molar-refractivity contribution is -0.385. The lowest BCUT2D eigenvalue weighted by Crippen LogP contribution is -2.24. The Morgan fingerprint density at radius 2 is 1.82 bits per heavy atom. The molecule has 1 aliphatic heterocycles. The Bertz CT molecular complexity index is 694. The Balaban J connectivity index is 1.97. The molecule has 112 valence electrons. The number of para-hydroxylation sites is 1. The van der Waals surface area contributed by atoms with Crippen LogP contribution in [0.25, 0.3) is 6.08 Å². The highest BCUT2D eigenvalue weighted by atomic mass is 16.7. The van der Waals surface area contributed by atoms with Crippen LogP contribution in [0, 0.1) is 10.1 Å². The number of benzene rings is 1. The molecule has 0 N–H and O–H groups in total. The molecule has 0 atom stereocenters. The van der Waals surface area contributed by atoms with E-state index in [1.165, 1.54) is 6.07 Å². The predicted molar refractivity (Wildman–Crippen MR) is 79.9 cm³/mol. The molecule has 1 aromatic carbocycles. The van der Waals surface area contributed by atoms with Gasteiger partial charge in [0.05, 0.1) is 23.7 Å². The molecule has 0 radical (unpaired) electrons. The van der Waals surface area contributed by atoms with Gasteiger partial charge in [-0.2, -0.15) is 0 Å². The molecule has 1 fully saturated rings. The van der Waals surface area contributed by atoms with Gasteiger partial charge >= 0.3 is 0 Å². The molecule has 1 aromatic heterocycles. The highest BCUT2D eigenvalue weighted by Crippen LogP contribution is 2.34. The van der Waals surface area contributed by atoms with Gasteiger partial charge in [-0.25, -0.2) is 0 Å². The first-order chi connectivity index (χ1) is 10.7. The summed E-state index contributed by atoms with van der Waals surface area (Å²) >= 11 is 0. The number of hydrogen-bond donors (Lipinski definition) is 0. The van der Waals surface area contributed by atoms with Crippen molar-refractivity contribution < 1.29 is 14.4 Å². The molecule has 0 saturated carbocycles. The molecule has 1 saturated heterocycles. The molecule has 0 amide bonds. The fraction of sp³-hybridized carbons (Fsp3) is 0.188. The number of ether oxygens (including phenoxy) is 2. The molecule has 0 unspecified atom stereocenters. The second kappa shape index (κ2) is 6.05. The zero-order valence-corrected chi connectivity index (χ0v) is 11.7. The molecule has 0 spiro atoms. The lowest BCUT2D eigenvalue weighted by Gasteiger charge is -2.23. The van der Waals surface area contributed by atoms with Crippen LogP contribution in [0.4, 0.5) is 5.69 Å². The first-order valence-electron chi connectivity index (χ1n) is 6.82. The molecule has 0 aliphatic carbocycles. The third-order valence-corrected chi connectivity index (χ3v) is 3.41. The van der Waals surface area contributed by atoms with Gasteiger partial charge in [-0.15, -0.1) is 0 Å². The summed E-state index contributed by atoms with van der Waals surface area (Å²) in [6.07, 6.45) is 6.67. The summed E-state index contributed by atoms with van der Waals surface area (Å²) in [4.78, 5) is 14.6. The van der Waals surface area contributed by atoms with Crippen molar-refractivity contribution in [3.05, 3.63) is 76.1 Å². The maximum atomic E-state index is 11.1. The summed E-state index contributed by atoms with van der Waals surface area (Å²) in [5, 5.41) is 11.1. The van der Waals surface area contributed by atoms with E-state index in [2.05, 4.69) is 4.98 Å². The highest BCUT2D eigenvalue weighted by molar-refractivity contribution is 5.61. The molecule has 22 heavy (non-hydrogen) atoms. The fourth-order valence-corrected chi connectivity index (χ4v) is 2.37. The van der Waals surface area contributed by atoms with Crippen molar-refractivity contribution in [1.82, 2.24) is 4.98 Å². The van der Waals surface area contributed by atoms with Crippen molar-refractivity contribution in [3.63, 3.8) is 0 Å². The fourth-order valence-electron chi connectivity index (χ4n) is 2.37. The van der Waals surface area contributed by atoms with Gasteiger partial charge in [-0.1, -0.05) is 12.1 Å². The molecule has 3 rings (SSSR count). The Kier molecular flexibility index (Phi) is 3.95. The Morgan fingerprint density at radius 3 is 2.50 bits per heavy atom. The first-order valence-corrected chi connectivity index (χ1v) is 6.82. The molecule has 6 heteroatoms. The number of nitro groups is 1. The van der Waals surface area contributed by atoms with Crippen LogP contribution in [0.15, 0.2) is 54.9 Å². The third kappa shape index (κ3) is 2.74. The zero-order chi connectivity index (χ0) is 15.4. The molecular weight excluding hydrogens is 284 g/mol. The maximum Gasteiger partial charge on any atom is 0.276 e. The number of aromatic nitrogens is 1. The average molecular weight is 298 g/mol. The van der Waals surface area contributed by atoms with E-state index in [0.29, 0.717) is 18.8 Å². The summed E-state index contributed by atoms with van der Waals surface area (Å²) in [6.45, 7) is 0.924. The van der Waals surface area contributed by atoms with Crippen LogP contribution in [0.1, 0.15) is 11.1 Å². The Labute approximate surface area is 127 Å². The van der Waals surface area contributed by atoms with Crippen molar-refractivity contribution in [3.8, 4) is 0 Å². The largest absolute Gasteiger partial charge is 0.340 e. The number of nitro benzene ring substituents is 1. The summed E-state index contributed by atoms with van der Waals surface area (Å²) in [5.41, 5.74) is 1.34. The van der Waals surface area contributed by atoms with E-state index in [1.807, 2.05) is 0 Å². The molecule has 2 aromatic rings. The second-order valence-electron chi connectivity index (χ2n) is 4.75. The molecule has 1 aliphatic rings. The van der Waals surface area contributed by atoms with Gasteiger partial charge < -0.3 is 9.47 Å². The summed E-state index contributed by atoms with van der Waals surface area (Å²) < 4.78 is 11.5. The van der Waals surface area contributed by atoms with Crippen molar-refractivity contribution in [1.29, 1.82) is 0 Å². The second-order valence-corrected chi connectivity index (χ2v) is 4.75. The molecule has 2 heterocycles. The van der Waals surface area contributed by atoms with E-state index >= 15 is 0 Å². The molecule has 0 bridgehead atoms. The van der Waals surface area contributed by atoms with Crippen LogP contribution in [-0.4, -0.2) is 23.1 Å². The van der Waals surface area contributed by atoms with Gasteiger partial charge in [-0.3, -0.25) is 15.1 Å². The quantitative estimate of drug-likeness (QED) is 0.641. The highest BCUT2D eigenvalue weighted by Gasteiger charge is 2.36. The summed E-state index contributed by atoms with van der Waals surface area (Å²) in [5.74, 6) is -1.02. The SMILES string of the molecule is O=[N+]([O-])c1ccccc1C=CC1(c2ccncc2)OCCO1. The van der Waals surface area contributed by atoms with Crippen LogP contribution in [0.5, 0.6) is 0 Å². The van der Waals surface area contributed by atoms with Crippen molar-refractivity contribution >= 4 is 11.8 Å². The minimum Gasteiger partial charge on any atom is -0.340 e. The number of hydrogen-bond acceptors (Lipinski definition) is 5. The van der Waals surface area contributed by atoms with E-state index in [-0.39, 0.29) is 5.69 Å².